The minimum atomic E-state index is -0.0439. The Labute approximate surface area is 153 Å². The summed E-state index contributed by atoms with van der Waals surface area (Å²) in [5, 5.41) is 0. The third-order valence-electron chi connectivity index (χ3n) is 3.98. The smallest absolute Gasteiger partial charge is 0.246 e. The third kappa shape index (κ3) is 3.46. The maximum atomic E-state index is 12.2. The molecular formula is C18H15BrN2O4. The maximum Gasteiger partial charge on any atom is 0.246 e. The van der Waals surface area contributed by atoms with E-state index in [9.17, 15) is 4.79 Å². The van der Waals surface area contributed by atoms with Gasteiger partial charge in [0.05, 0.1) is 17.6 Å². The maximum absolute atomic E-state index is 12.2. The molecule has 1 aromatic heterocycles. The average molecular weight is 403 g/mol. The van der Waals surface area contributed by atoms with Crippen molar-refractivity contribution in [2.24, 2.45) is 0 Å². The van der Waals surface area contributed by atoms with Crippen molar-refractivity contribution >= 4 is 27.9 Å². The molecule has 0 bridgehead atoms. The van der Waals surface area contributed by atoms with Gasteiger partial charge in [-0.3, -0.25) is 4.79 Å². The van der Waals surface area contributed by atoms with E-state index in [1.807, 2.05) is 30.3 Å². The number of pyridine rings is 1. The fourth-order valence-corrected chi connectivity index (χ4v) is 2.95. The zero-order valence-corrected chi connectivity index (χ0v) is 14.8. The fraction of sp³-hybridized carbons (Fsp3) is 0.222. The lowest BCUT2D eigenvalue weighted by Crippen LogP contribution is -2.55. The topological polar surface area (TPSA) is 60.9 Å². The Morgan fingerprint density at radius 3 is 2.96 bits per heavy atom. The van der Waals surface area contributed by atoms with Gasteiger partial charge in [0.1, 0.15) is 6.10 Å². The van der Waals surface area contributed by atoms with E-state index >= 15 is 0 Å². The zero-order chi connectivity index (χ0) is 17.2. The van der Waals surface area contributed by atoms with Crippen LogP contribution in [0.2, 0.25) is 0 Å². The molecule has 1 amide bonds. The van der Waals surface area contributed by atoms with Crippen LogP contribution in [0.25, 0.3) is 6.08 Å². The SMILES string of the molecule is O=C(/C=C/c1ccc2c(c1)OCO2)N1CC(Oc2ncccc2Br)C1. The molecule has 4 rings (SSSR count). The Morgan fingerprint density at radius 2 is 2.12 bits per heavy atom. The third-order valence-corrected chi connectivity index (χ3v) is 4.58. The van der Waals surface area contributed by atoms with Crippen molar-refractivity contribution in [2.45, 2.75) is 6.10 Å². The molecule has 0 spiro atoms. The van der Waals surface area contributed by atoms with Crippen LogP contribution in [0.3, 0.4) is 0 Å². The molecule has 2 aliphatic heterocycles. The molecule has 0 atom stereocenters. The Morgan fingerprint density at radius 1 is 1.28 bits per heavy atom. The van der Waals surface area contributed by atoms with E-state index in [0.717, 1.165) is 15.8 Å². The van der Waals surface area contributed by atoms with Crippen LogP contribution in [0, 0.1) is 0 Å². The minimum absolute atomic E-state index is 0.0332. The molecule has 0 aliphatic carbocycles. The summed E-state index contributed by atoms with van der Waals surface area (Å²) in [6.07, 6.45) is 4.97. The van der Waals surface area contributed by atoms with Gasteiger partial charge in [-0.25, -0.2) is 4.98 Å². The average Bonchev–Trinajstić information content (AvgIpc) is 3.05. The van der Waals surface area contributed by atoms with Crippen LogP contribution in [0.5, 0.6) is 17.4 Å². The van der Waals surface area contributed by atoms with Crippen LogP contribution in [0.4, 0.5) is 0 Å². The molecule has 1 aromatic carbocycles. The summed E-state index contributed by atoms with van der Waals surface area (Å²) >= 11 is 3.40. The normalized spacial score (nSPS) is 16.1. The lowest BCUT2D eigenvalue weighted by Gasteiger charge is -2.38. The highest BCUT2D eigenvalue weighted by Crippen LogP contribution is 2.32. The van der Waals surface area contributed by atoms with E-state index in [1.165, 1.54) is 0 Å². The number of likely N-dealkylation sites (tertiary alicyclic amines) is 1. The predicted molar refractivity (Wildman–Crippen MR) is 94.5 cm³/mol. The van der Waals surface area contributed by atoms with Crippen molar-refractivity contribution in [1.29, 1.82) is 0 Å². The highest BCUT2D eigenvalue weighted by molar-refractivity contribution is 9.10. The van der Waals surface area contributed by atoms with E-state index in [1.54, 1.807) is 23.2 Å². The number of fused-ring (bicyclic) bond motifs is 1. The second-order valence-corrected chi connectivity index (χ2v) is 6.57. The molecule has 7 heteroatoms. The first-order valence-corrected chi connectivity index (χ1v) is 8.62. The molecule has 2 aliphatic rings. The van der Waals surface area contributed by atoms with Gasteiger partial charge in [0.15, 0.2) is 11.5 Å². The van der Waals surface area contributed by atoms with Crippen molar-refractivity contribution in [3.05, 3.63) is 52.6 Å². The van der Waals surface area contributed by atoms with Gasteiger partial charge >= 0.3 is 0 Å². The first-order valence-electron chi connectivity index (χ1n) is 7.83. The Kier molecular flexibility index (Phi) is 4.31. The molecular weight excluding hydrogens is 388 g/mol. The molecule has 128 valence electrons. The van der Waals surface area contributed by atoms with Crippen LogP contribution in [-0.2, 0) is 4.79 Å². The number of aromatic nitrogens is 1. The number of rotatable bonds is 4. The van der Waals surface area contributed by atoms with Crippen molar-refractivity contribution in [3.63, 3.8) is 0 Å². The van der Waals surface area contributed by atoms with E-state index in [0.29, 0.717) is 24.7 Å². The van der Waals surface area contributed by atoms with Crippen LogP contribution in [0.15, 0.2) is 47.1 Å². The Hall–Kier alpha value is -2.54. The van der Waals surface area contributed by atoms with Crippen LogP contribution in [0.1, 0.15) is 5.56 Å². The summed E-state index contributed by atoms with van der Waals surface area (Å²) in [6, 6.07) is 9.28. The molecule has 3 heterocycles. The van der Waals surface area contributed by atoms with Crippen LogP contribution in [-0.4, -0.2) is 41.8 Å². The summed E-state index contributed by atoms with van der Waals surface area (Å²) in [5.41, 5.74) is 0.892. The number of amides is 1. The molecule has 6 nitrogen and oxygen atoms in total. The standard InChI is InChI=1S/C18H15BrN2O4/c19-14-2-1-7-20-18(14)25-13-9-21(10-13)17(22)6-4-12-3-5-15-16(8-12)24-11-23-15/h1-8,13H,9-11H2/b6-4+. The van der Waals surface area contributed by atoms with Crippen molar-refractivity contribution in [2.75, 3.05) is 19.9 Å². The summed E-state index contributed by atoms with van der Waals surface area (Å²) in [6.45, 7) is 1.34. The number of benzene rings is 1. The molecule has 0 N–H and O–H groups in total. The van der Waals surface area contributed by atoms with Gasteiger partial charge in [-0.15, -0.1) is 0 Å². The largest absolute Gasteiger partial charge is 0.470 e. The lowest BCUT2D eigenvalue weighted by molar-refractivity contribution is -0.134. The Balaban J connectivity index is 1.30. The van der Waals surface area contributed by atoms with E-state index in [4.69, 9.17) is 14.2 Å². The number of hydrogen-bond donors (Lipinski definition) is 0. The van der Waals surface area contributed by atoms with E-state index in [2.05, 4.69) is 20.9 Å². The number of carbonyl (C=O) groups is 1. The second kappa shape index (κ2) is 6.76. The van der Waals surface area contributed by atoms with Gasteiger partial charge in [0.2, 0.25) is 18.6 Å². The quantitative estimate of drug-likeness (QED) is 0.735. The predicted octanol–water partition coefficient (Wildman–Crippen LogP) is 2.88. The van der Waals surface area contributed by atoms with Crippen molar-refractivity contribution in [3.8, 4) is 17.4 Å². The van der Waals surface area contributed by atoms with Gasteiger partial charge in [0.25, 0.3) is 0 Å². The molecule has 1 saturated heterocycles. The number of halogens is 1. The Bertz CT molecular complexity index is 834. The number of carbonyl (C=O) groups excluding carboxylic acids is 1. The monoisotopic (exact) mass is 402 g/mol. The second-order valence-electron chi connectivity index (χ2n) is 5.72. The number of hydrogen-bond acceptors (Lipinski definition) is 5. The number of nitrogens with zero attached hydrogens (tertiary/aromatic N) is 2. The van der Waals surface area contributed by atoms with Crippen LogP contribution >= 0.6 is 15.9 Å². The van der Waals surface area contributed by atoms with Gasteiger partial charge in [0, 0.05) is 12.3 Å². The highest BCUT2D eigenvalue weighted by atomic mass is 79.9. The first kappa shape index (κ1) is 16.0. The zero-order valence-electron chi connectivity index (χ0n) is 13.2. The molecule has 0 saturated carbocycles. The van der Waals surface area contributed by atoms with Crippen LogP contribution < -0.4 is 14.2 Å². The van der Waals surface area contributed by atoms with Gasteiger partial charge < -0.3 is 19.1 Å². The fourth-order valence-electron chi connectivity index (χ4n) is 2.60. The summed E-state index contributed by atoms with van der Waals surface area (Å²) in [5.74, 6) is 1.94. The van der Waals surface area contributed by atoms with Crippen molar-refractivity contribution in [1.82, 2.24) is 9.88 Å². The van der Waals surface area contributed by atoms with Gasteiger partial charge in [-0.1, -0.05) is 6.07 Å². The van der Waals surface area contributed by atoms with Gasteiger partial charge in [-0.2, -0.15) is 0 Å². The van der Waals surface area contributed by atoms with E-state index in [-0.39, 0.29) is 18.8 Å². The molecule has 0 unspecified atom stereocenters. The molecule has 2 aromatic rings. The minimum Gasteiger partial charge on any atom is -0.470 e. The number of ether oxygens (including phenoxy) is 3. The molecule has 25 heavy (non-hydrogen) atoms. The van der Waals surface area contributed by atoms with Gasteiger partial charge in [-0.05, 0) is 51.8 Å². The van der Waals surface area contributed by atoms with Crippen molar-refractivity contribution < 1.29 is 19.0 Å². The summed E-state index contributed by atoms with van der Waals surface area (Å²) in [4.78, 5) is 18.1. The summed E-state index contributed by atoms with van der Waals surface area (Å²) in [7, 11) is 0. The summed E-state index contributed by atoms with van der Waals surface area (Å²) < 4.78 is 17.2. The lowest BCUT2D eigenvalue weighted by atomic mass is 10.1. The molecule has 1 fully saturated rings. The first-order chi connectivity index (χ1) is 12.2. The van der Waals surface area contributed by atoms with E-state index < -0.39 is 0 Å². The highest BCUT2D eigenvalue weighted by Gasteiger charge is 2.31. The molecule has 0 radical (unpaired) electrons.